The van der Waals surface area contributed by atoms with Crippen LogP contribution in [0.25, 0.3) is 0 Å². The zero-order valence-corrected chi connectivity index (χ0v) is 11.4. The number of hydrogen-bond acceptors (Lipinski definition) is 3. The number of nitrogens with zero attached hydrogens (tertiary/aromatic N) is 2. The zero-order chi connectivity index (χ0) is 13.8. The molecule has 1 heterocycles. The van der Waals surface area contributed by atoms with E-state index < -0.39 is 6.10 Å². The summed E-state index contributed by atoms with van der Waals surface area (Å²) in [6.45, 7) is 5.95. The van der Waals surface area contributed by atoms with Crippen molar-refractivity contribution in [2.75, 3.05) is 0 Å². The Balaban J connectivity index is 2.15. The lowest BCUT2D eigenvalue weighted by molar-refractivity contribution is 0.0725. The first-order valence-electron chi connectivity index (χ1n) is 6.37. The maximum absolute atomic E-state index is 12.1. The van der Waals surface area contributed by atoms with Gasteiger partial charge in [-0.1, -0.05) is 32.0 Å². The summed E-state index contributed by atoms with van der Waals surface area (Å²) in [4.78, 5) is 16.0. The van der Waals surface area contributed by atoms with Crippen molar-refractivity contribution in [1.82, 2.24) is 9.55 Å². The van der Waals surface area contributed by atoms with E-state index in [0.717, 1.165) is 11.3 Å². The van der Waals surface area contributed by atoms with Crippen molar-refractivity contribution in [2.45, 2.75) is 32.8 Å². The molecule has 1 unspecified atom stereocenters. The summed E-state index contributed by atoms with van der Waals surface area (Å²) in [6.07, 6.45) is 4.13. The molecule has 0 radical (unpaired) electrons. The second-order valence-electron chi connectivity index (χ2n) is 4.76. The molecule has 0 spiro atoms. The molecule has 0 aliphatic rings. The van der Waals surface area contributed by atoms with E-state index in [1.54, 1.807) is 19.3 Å². The van der Waals surface area contributed by atoms with Gasteiger partial charge in [-0.15, -0.1) is 0 Å². The number of ether oxygens (including phenoxy) is 1. The Morgan fingerprint density at radius 1 is 1.26 bits per heavy atom. The largest absolute Gasteiger partial charge is 0.481 e. The van der Waals surface area contributed by atoms with E-state index >= 15 is 0 Å². The Hall–Kier alpha value is -2.10. The molecule has 0 bridgehead atoms. The van der Waals surface area contributed by atoms with Crippen LogP contribution in [0.5, 0.6) is 5.75 Å². The van der Waals surface area contributed by atoms with Crippen molar-refractivity contribution in [3.8, 4) is 5.75 Å². The molecule has 0 fully saturated rings. The Morgan fingerprint density at radius 2 is 2.00 bits per heavy atom. The van der Waals surface area contributed by atoms with Crippen LogP contribution in [0.15, 0.2) is 43.0 Å². The maximum atomic E-state index is 12.1. The smallest absolute Gasteiger partial charge is 0.272 e. The molecule has 1 atom stereocenters. The first-order valence-corrected chi connectivity index (χ1v) is 6.37. The van der Waals surface area contributed by atoms with Gasteiger partial charge in [0.05, 0.1) is 0 Å². The molecule has 4 heteroatoms. The highest BCUT2D eigenvalue weighted by atomic mass is 16.5. The summed E-state index contributed by atoms with van der Waals surface area (Å²) >= 11 is 0. The predicted octanol–water partition coefficient (Wildman–Crippen LogP) is 3.11. The molecular weight excluding hydrogens is 240 g/mol. The molecule has 0 aliphatic carbocycles. The summed E-state index contributed by atoms with van der Waals surface area (Å²) in [7, 11) is 0. The van der Waals surface area contributed by atoms with Crippen LogP contribution in [0.1, 0.15) is 37.0 Å². The van der Waals surface area contributed by atoms with Crippen LogP contribution in [0.4, 0.5) is 0 Å². The first kappa shape index (κ1) is 13.3. The molecule has 4 nitrogen and oxygen atoms in total. The van der Waals surface area contributed by atoms with Crippen LogP contribution in [-0.4, -0.2) is 21.6 Å². The maximum Gasteiger partial charge on any atom is 0.272 e. The van der Waals surface area contributed by atoms with Crippen molar-refractivity contribution < 1.29 is 9.53 Å². The fourth-order valence-electron chi connectivity index (χ4n) is 1.91. The highest BCUT2D eigenvalue weighted by molar-refractivity contribution is 5.83. The van der Waals surface area contributed by atoms with Crippen LogP contribution < -0.4 is 4.74 Å². The average Bonchev–Trinajstić information content (AvgIpc) is 2.92. The molecule has 0 saturated heterocycles. The third-order valence-corrected chi connectivity index (χ3v) is 2.95. The second kappa shape index (κ2) is 5.69. The number of imidazole rings is 1. The summed E-state index contributed by atoms with van der Waals surface area (Å²) in [5, 5.41) is 0. The van der Waals surface area contributed by atoms with E-state index in [1.807, 2.05) is 24.3 Å². The van der Waals surface area contributed by atoms with E-state index in [1.165, 1.54) is 10.9 Å². The monoisotopic (exact) mass is 258 g/mol. The van der Waals surface area contributed by atoms with Crippen molar-refractivity contribution in [2.24, 2.45) is 0 Å². The van der Waals surface area contributed by atoms with Gasteiger partial charge in [-0.3, -0.25) is 9.36 Å². The van der Waals surface area contributed by atoms with Crippen LogP contribution in [0.3, 0.4) is 0 Å². The molecule has 0 N–H and O–H groups in total. The fraction of sp³-hybridized carbons (Fsp3) is 0.333. The quantitative estimate of drug-likeness (QED) is 0.846. The number of benzene rings is 1. The third-order valence-electron chi connectivity index (χ3n) is 2.95. The Morgan fingerprint density at radius 3 is 2.63 bits per heavy atom. The minimum atomic E-state index is -0.547. The highest BCUT2D eigenvalue weighted by Crippen LogP contribution is 2.26. The molecule has 0 amide bonds. The summed E-state index contributed by atoms with van der Waals surface area (Å²) in [6, 6.07) is 7.81. The van der Waals surface area contributed by atoms with Crippen LogP contribution in [-0.2, 0) is 0 Å². The molecule has 19 heavy (non-hydrogen) atoms. The number of aromatic nitrogens is 2. The molecule has 0 aliphatic heterocycles. The molecule has 100 valence electrons. The molecule has 2 aromatic rings. The minimum absolute atomic E-state index is 0.129. The lowest BCUT2D eigenvalue weighted by Crippen LogP contribution is -2.28. The second-order valence-corrected chi connectivity index (χ2v) is 4.76. The van der Waals surface area contributed by atoms with E-state index in [-0.39, 0.29) is 5.91 Å². The Bertz CT molecular complexity index is 547. The van der Waals surface area contributed by atoms with Crippen molar-refractivity contribution >= 4 is 5.91 Å². The number of para-hydroxylation sites is 1. The number of carbonyl (C=O) groups excluding carboxylic acids is 1. The lowest BCUT2D eigenvalue weighted by atomic mass is 10.0. The van der Waals surface area contributed by atoms with Crippen LogP contribution in [0.2, 0.25) is 0 Å². The molecule has 2 rings (SSSR count). The lowest BCUT2D eigenvalue weighted by Gasteiger charge is -2.18. The molecule has 1 aromatic heterocycles. The van der Waals surface area contributed by atoms with Gasteiger partial charge >= 0.3 is 0 Å². The number of hydrogen-bond donors (Lipinski definition) is 0. The molecule has 0 saturated carbocycles. The predicted molar refractivity (Wildman–Crippen MR) is 73.5 cm³/mol. The fourth-order valence-corrected chi connectivity index (χ4v) is 1.91. The topological polar surface area (TPSA) is 44.1 Å². The van der Waals surface area contributed by atoms with E-state index in [2.05, 4.69) is 18.8 Å². The first-order chi connectivity index (χ1) is 9.09. The van der Waals surface area contributed by atoms with Gasteiger partial charge in [0, 0.05) is 12.4 Å². The van der Waals surface area contributed by atoms with Gasteiger partial charge < -0.3 is 4.74 Å². The summed E-state index contributed by atoms with van der Waals surface area (Å²) < 4.78 is 7.23. The molecule has 1 aromatic carbocycles. The van der Waals surface area contributed by atoms with E-state index in [4.69, 9.17) is 4.74 Å². The number of carbonyl (C=O) groups is 1. The van der Waals surface area contributed by atoms with Gasteiger partial charge in [0.1, 0.15) is 12.1 Å². The average molecular weight is 258 g/mol. The van der Waals surface area contributed by atoms with E-state index in [9.17, 15) is 4.79 Å². The summed E-state index contributed by atoms with van der Waals surface area (Å²) in [5.41, 5.74) is 1.10. The number of rotatable bonds is 4. The zero-order valence-electron chi connectivity index (χ0n) is 11.4. The Kier molecular flexibility index (Phi) is 4.00. The SMILES string of the molecule is CC(Oc1ccccc1C(C)C)C(=O)n1ccnc1. The van der Waals surface area contributed by atoms with Crippen molar-refractivity contribution in [3.63, 3.8) is 0 Å². The van der Waals surface area contributed by atoms with Gasteiger partial charge in [-0.05, 0) is 24.5 Å². The highest BCUT2D eigenvalue weighted by Gasteiger charge is 2.18. The van der Waals surface area contributed by atoms with Gasteiger partial charge in [0.15, 0.2) is 6.10 Å². The van der Waals surface area contributed by atoms with E-state index in [0.29, 0.717) is 5.92 Å². The van der Waals surface area contributed by atoms with Gasteiger partial charge in [-0.25, -0.2) is 4.98 Å². The van der Waals surface area contributed by atoms with Crippen molar-refractivity contribution in [3.05, 3.63) is 48.5 Å². The van der Waals surface area contributed by atoms with Gasteiger partial charge in [-0.2, -0.15) is 0 Å². The normalized spacial score (nSPS) is 12.4. The Labute approximate surface area is 113 Å². The third kappa shape index (κ3) is 3.02. The van der Waals surface area contributed by atoms with Gasteiger partial charge in [0.25, 0.3) is 5.91 Å². The standard InChI is InChI=1S/C15H18N2O2/c1-11(2)13-6-4-5-7-14(13)19-12(3)15(18)17-9-8-16-10-17/h4-12H,1-3H3. The van der Waals surface area contributed by atoms with Gasteiger partial charge in [0.2, 0.25) is 0 Å². The van der Waals surface area contributed by atoms with Crippen LogP contribution in [0, 0.1) is 0 Å². The van der Waals surface area contributed by atoms with Crippen LogP contribution >= 0.6 is 0 Å². The summed E-state index contributed by atoms with van der Waals surface area (Å²) in [5.74, 6) is 0.987. The minimum Gasteiger partial charge on any atom is -0.481 e. The molecular formula is C15H18N2O2. The van der Waals surface area contributed by atoms with Crippen molar-refractivity contribution in [1.29, 1.82) is 0 Å².